The number of carbonyl (C=O) groups is 2. The number of benzene rings is 3. The van der Waals surface area contributed by atoms with Crippen molar-refractivity contribution in [3.63, 3.8) is 0 Å². The number of nitrogens with zero attached hydrogens (tertiary/aromatic N) is 1. The number of anilines is 1. The van der Waals surface area contributed by atoms with Crippen LogP contribution in [0.25, 0.3) is 0 Å². The summed E-state index contributed by atoms with van der Waals surface area (Å²) in [7, 11) is -3.71. The highest BCUT2D eigenvalue weighted by Gasteiger charge is 2.35. The predicted octanol–water partition coefficient (Wildman–Crippen LogP) is 4.11. The molecule has 2 N–H and O–H groups in total. The zero-order valence-corrected chi connectivity index (χ0v) is 21.1. The number of hydrogen-bond donors (Lipinski definition) is 2. The van der Waals surface area contributed by atoms with E-state index in [-0.39, 0.29) is 22.9 Å². The number of carbonyl (C=O) groups excluding carboxylic acids is 2. The van der Waals surface area contributed by atoms with Gasteiger partial charge >= 0.3 is 0 Å². The maximum Gasteiger partial charge on any atom is 0.254 e. The molecule has 1 unspecified atom stereocenters. The van der Waals surface area contributed by atoms with E-state index in [9.17, 15) is 22.4 Å². The summed E-state index contributed by atoms with van der Waals surface area (Å²) in [5.41, 5.74) is 1.97. The molecule has 1 heterocycles. The number of amides is 2. The molecule has 0 bridgehead atoms. The lowest BCUT2D eigenvalue weighted by atomic mass is 9.92. The van der Waals surface area contributed by atoms with Crippen molar-refractivity contribution in [3.05, 3.63) is 95.3 Å². The summed E-state index contributed by atoms with van der Waals surface area (Å²) in [6.07, 6.45) is 0.316. The van der Waals surface area contributed by atoms with Gasteiger partial charge < -0.3 is 10.2 Å². The first-order valence-corrected chi connectivity index (χ1v) is 13.0. The monoisotopic (exact) mass is 509 g/mol. The molecule has 0 fully saturated rings. The standard InChI is InChI=1S/C27H28FN3O4S/c1-27(2,3)30-36(34,35)23-14-12-22(13-15-23)29-25(32)24-16-19-6-4-5-7-20(19)17-31(24)26(33)18-8-10-21(28)11-9-18/h4-15,24,30H,16-17H2,1-3H3,(H,29,32). The van der Waals surface area contributed by atoms with Crippen LogP contribution in [0.15, 0.2) is 77.7 Å². The molecule has 1 aliphatic heterocycles. The molecule has 3 aromatic carbocycles. The third-order valence-corrected chi connectivity index (χ3v) is 7.55. The Balaban J connectivity index is 1.57. The molecule has 7 nitrogen and oxygen atoms in total. The van der Waals surface area contributed by atoms with Crippen LogP contribution < -0.4 is 10.0 Å². The Morgan fingerprint density at radius 3 is 2.14 bits per heavy atom. The van der Waals surface area contributed by atoms with Crippen LogP contribution in [-0.4, -0.2) is 36.7 Å². The van der Waals surface area contributed by atoms with Crippen LogP contribution in [0.3, 0.4) is 0 Å². The zero-order valence-electron chi connectivity index (χ0n) is 20.3. The molecule has 0 spiro atoms. The molecule has 9 heteroatoms. The van der Waals surface area contributed by atoms with Crippen LogP contribution in [0, 0.1) is 5.82 Å². The van der Waals surface area contributed by atoms with Crippen LogP contribution in [0.2, 0.25) is 0 Å². The number of rotatable bonds is 5. The normalized spacial score (nSPS) is 15.8. The average molecular weight is 510 g/mol. The lowest BCUT2D eigenvalue weighted by molar-refractivity contribution is -0.121. The van der Waals surface area contributed by atoms with Gasteiger partial charge in [0.2, 0.25) is 15.9 Å². The molecule has 0 radical (unpaired) electrons. The fraction of sp³-hybridized carbons (Fsp3) is 0.259. The Morgan fingerprint density at radius 2 is 1.53 bits per heavy atom. The van der Waals surface area contributed by atoms with Crippen molar-refractivity contribution < 1.29 is 22.4 Å². The van der Waals surface area contributed by atoms with Gasteiger partial charge in [-0.05, 0) is 80.4 Å². The van der Waals surface area contributed by atoms with Gasteiger partial charge in [-0.25, -0.2) is 17.5 Å². The Hall–Kier alpha value is -3.56. The van der Waals surface area contributed by atoms with Crippen molar-refractivity contribution in [2.75, 3.05) is 5.32 Å². The molecule has 36 heavy (non-hydrogen) atoms. The second-order valence-corrected chi connectivity index (χ2v) is 11.5. The average Bonchev–Trinajstić information content (AvgIpc) is 2.82. The summed E-state index contributed by atoms with van der Waals surface area (Å²) < 4.78 is 41.1. The van der Waals surface area contributed by atoms with Gasteiger partial charge in [-0.15, -0.1) is 0 Å². The second-order valence-electron chi connectivity index (χ2n) is 9.80. The molecule has 0 aromatic heterocycles. The lowest BCUT2D eigenvalue weighted by Gasteiger charge is -2.36. The van der Waals surface area contributed by atoms with Crippen molar-refractivity contribution in [3.8, 4) is 0 Å². The summed E-state index contributed by atoms with van der Waals surface area (Å²) in [5.74, 6) is -1.23. The Morgan fingerprint density at radius 1 is 0.917 bits per heavy atom. The quantitative estimate of drug-likeness (QED) is 0.541. The summed E-state index contributed by atoms with van der Waals surface area (Å²) in [6, 6.07) is 17.9. The highest BCUT2D eigenvalue weighted by atomic mass is 32.2. The number of fused-ring (bicyclic) bond motifs is 1. The van der Waals surface area contributed by atoms with Crippen LogP contribution in [-0.2, 0) is 27.8 Å². The molecule has 0 saturated carbocycles. The Kier molecular flexibility index (Phi) is 6.97. The highest BCUT2D eigenvalue weighted by molar-refractivity contribution is 7.89. The maximum absolute atomic E-state index is 13.4. The van der Waals surface area contributed by atoms with Gasteiger partial charge in [-0.2, -0.15) is 0 Å². The van der Waals surface area contributed by atoms with Crippen LogP contribution >= 0.6 is 0 Å². The summed E-state index contributed by atoms with van der Waals surface area (Å²) in [4.78, 5) is 28.2. The van der Waals surface area contributed by atoms with Gasteiger partial charge in [0, 0.05) is 29.8 Å². The van der Waals surface area contributed by atoms with E-state index in [0.717, 1.165) is 11.1 Å². The lowest BCUT2D eigenvalue weighted by Crippen LogP contribution is -2.50. The van der Waals surface area contributed by atoms with Gasteiger partial charge in [0.05, 0.1) is 4.90 Å². The third kappa shape index (κ3) is 5.80. The second kappa shape index (κ2) is 9.83. The fourth-order valence-electron chi connectivity index (χ4n) is 4.13. The van der Waals surface area contributed by atoms with Crippen molar-refractivity contribution >= 4 is 27.5 Å². The van der Waals surface area contributed by atoms with Crippen molar-refractivity contribution in [1.29, 1.82) is 0 Å². The van der Waals surface area contributed by atoms with E-state index in [1.54, 1.807) is 20.8 Å². The topological polar surface area (TPSA) is 95.6 Å². The smallest absolute Gasteiger partial charge is 0.254 e. The van der Waals surface area contributed by atoms with Crippen molar-refractivity contribution in [2.45, 2.75) is 50.2 Å². The van der Waals surface area contributed by atoms with Crippen molar-refractivity contribution in [2.24, 2.45) is 0 Å². The minimum Gasteiger partial charge on any atom is -0.324 e. The van der Waals surface area contributed by atoms with Gasteiger partial charge in [-0.1, -0.05) is 24.3 Å². The number of nitrogens with one attached hydrogen (secondary N) is 2. The van der Waals surface area contributed by atoms with E-state index in [0.29, 0.717) is 12.1 Å². The number of sulfonamides is 1. The Labute approximate surface area is 210 Å². The third-order valence-electron chi connectivity index (χ3n) is 5.78. The van der Waals surface area contributed by atoms with Crippen molar-refractivity contribution in [1.82, 2.24) is 9.62 Å². The first-order chi connectivity index (χ1) is 16.9. The maximum atomic E-state index is 13.4. The van der Waals surface area contributed by atoms with Crippen LogP contribution in [0.5, 0.6) is 0 Å². The molecule has 0 saturated heterocycles. The molecule has 4 rings (SSSR count). The van der Waals surface area contributed by atoms with Gasteiger partial charge in [0.25, 0.3) is 5.91 Å². The molecule has 1 aliphatic rings. The Bertz CT molecular complexity index is 1380. The molecular weight excluding hydrogens is 481 g/mol. The number of hydrogen-bond acceptors (Lipinski definition) is 4. The molecule has 1 atom stereocenters. The van der Waals surface area contributed by atoms with E-state index >= 15 is 0 Å². The molecule has 3 aromatic rings. The minimum atomic E-state index is -3.71. The molecule has 188 valence electrons. The van der Waals surface area contributed by atoms with E-state index in [2.05, 4.69) is 10.0 Å². The molecule has 0 aliphatic carbocycles. The zero-order chi connectivity index (χ0) is 26.1. The van der Waals surface area contributed by atoms with Gasteiger partial charge in [0.15, 0.2) is 0 Å². The van der Waals surface area contributed by atoms with Crippen LogP contribution in [0.1, 0.15) is 42.3 Å². The molecule has 2 amide bonds. The van der Waals surface area contributed by atoms with E-state index in [1.165, 1.54) is 53.4 Å². The predicted molar refractivity (Wildman–Crippen MR) is 135 cm³/mol. The number of halogens is 1. The minimum absolute atomic E-state index is 0.0788. The van der Waals surface area contributed by atoms with Crippen LogP contribution in [0.4, 0.5) is 10.1 Å². The van der Waals surface area contributed by atoms with Gasteiger partial charge in [-0.3, -0.25) is 9.59 Å². The molecular formula is C27H28FN3O4S. The van der Waals surface area contributed by atoms with E-state index in [1.807, 2.05) is 24.3 Å². The summed E-state index contributed by atoms with van der Waals surface area (Å²) in [6.45, 7) is 5.49. The fourth-order valence-corrected chi connectivity index (χ4v) is 5.55. The SMILES string of the molecule is CC(C)(C)NS(=O)(=O)c1ccc(NC(=O)C2Cc3ccccc3CN2C(=O)c2ccc(F)cc2)cc1. The van der Waals surface area contributed by atoms with E-state index in [4.69, 9.17) is 0 Å². The summed E-state index contributed by atoms with van der Waals surface area (Å²) in [5, 5.41) is 2.81. The first-order valence-electron chi connectivity index (χ1n) is 11.5. The van der Waals surface area contributed by atoms with Gasteiger partial charge in [0.1, 0.15) is 11.9 Å². The van der Waals surface area contributed by atoms with E-state index < -0.39 is 33.3 Å². The summed E-state index contributed by atoms with van der Waals surface area (Å²) >= 11 is 0. The highest BCUT2D eigenvalue weighted by Crippen LogP contribution is 2.26. The first kappa shape index (κ1) is 25.5. The largest absolute Gasteiger partial charge is 0.324 e.